The van der Waals surface area contributed by atoms with Crippen molar-refractivity contribution in [1.82, 2.24) is 4.98 Å². The number of hydrogen-bond donors (Lipinski definition) is 1. The van der Waals surface area contributed by atoms with E-state index in [4.69, 9.17) is 0 Å². The monoisotopic (exact) mass is 348 g/mol. The fourth-order valence-corrected chi connectivity index (χ4v) is 2.83. The maximum atomic E-state index is 13.6. The summed E-state index contributed by atoms with van der Waals surface area (Å²) in [6.45, 7) is 1.65. The number of rotatable bonds is 3. The number of halogens is 3. The molecule has 0 spiro atoms. The van der Waals surface area contributed by atoms with Crippen LogP contribution in [0, 0.1) is 24.4 Å². The lowest BCUT2D eigenvalue weighted by molar-refractivity contribution is 0.102. The van der Waals surface area contributed by atoms with E-state index in [0.717, 1.165) is 17.7 Å². The standard InChI is InChI=1S/C17H11F3N2OS/c1-9-11(2-4-13(21-9)10-6-7-24-8-10)17(23)22-14-5-3-12(18)15(19)16(14)20/h2-8H,1H3,(H,22,23). The third-order valence-electron chi connectivity index (χ3n) is 3.43. The van der Waals surface area contributed by atoms with Crippen molar-refractivity contribution in [3.8, 4) is 11.3 Å². The number of nitrogens with one attached hydrogen (secondary N) is 1. The van der Waals surface area contributed by atoms with Crippen LogP contribution in [0.5, 0.6) is 0 Å². The lowest BCUT2D eigenvalue weighted by atomic mass is 10.1. The molecule has 0 aliphatic rings. The Bertz CT molecular complexity index is 910. The highest BCUT2D eigenvalue weighted by atomic mass is 32.1. The van der Waals surface area contributed by atoms with Crippen LogP contribution in [0.4, 0.5) is 18.9 Å². The molecule has 0 atom stereocenters. The van der Waals surface area contributed by atoms with Gasteiger partial charge in [0.25, 0.3) is 5.91 Å². The zero-order valence-corrected chi connectivity index (χ0v) is 13.3. The molecule has 0 bridgehead atoms. The molecule has 2 heterocycles. The minimum atomic E-state index is -1.63. The van der Waals surface area contributed by atoms with Crippen molar-refractivity contribution < 1.29 is 18.0 Å². The summed E-state index contributed by atoms with van der Waals surface area (Å²) < 4.78 is 39.8. The van der Waals surface area contributed by atoms with E-state index in [-0.39, 0.29) is 5.56 Å². The molecule has 7 heteroatoms. The summed E-state index contributed by atoms with van der Waals surface area (Å²) in [6.07, 6.45) is 0. The molecule has 0 saturated heterocycles. The summed E-state index contributed by atoms with van der Waals surface area (Å²) in [7, 11) is 0. The first kappa shape index (κ1) is 16.2. The Balaban J connectivity index is 1.87. The van der Waals surface area contributed by atoms with Crippen LogP contribution < -0.4 is 5.32 Å². The van der Waals surface area contributed by atoms with Gasteiger partial charge in [0, 0.05) is 10.9 Å². The van der Waals surface area contributed by atoms with Gasteiger partial charge in [-0.3, -0.25) is 9.78 Å². The molecule has 0 radical (unpaired) electrons. The van der Waals surface area contributed by atoms with Crippen LogP contribution in [-0.2, 0) is 0 Å². The molecule has 0 aliphatic heterocycles. The number of hydrogen-bond acceptors (Lipinski definition) is 3. The van der Waals surface area contributed by atoms with Gasteiger partial charge in [-0.05, 0) is 42.6 Å². The van der Waals surface area contributed by atoms with Crippen LogP contribution in [0.2, 0.25) is 0 Å². The molecule has 24 heavy (non-hydrogen) atoms. The zero-order valence-electron chi connectivity index (χ0n) is 12.4. The van der Waals surface area contributed by atoms with E-state index < -0.39 is 29.0 Å². The van der Waals surface area contributed by atoms with E-state index in [1.807, 2.05) is 16.8 Å². The Labute approximate surface area is 139 Å². The summed E-state index contributed by atoms with van der Waals surface area (Å²) >= 11 is 1.53. The molecule has 2 aromatic heterocycles. The van der Waals surface area contributed by atoms with Crippen molar-refractivity contribution in [2.24, 2.45) is 0 Å². The lowest BCUT2D eigenvalue weighted by Gasteiger charge is -2.10. The summed E-state index contributed by atoms with van der Waals surface area (Å²) in [5, 5.41) is 6.08. The Morgan fingerprint density at radius 2 is 1.88 bits per heavy atom. The van der Waals surface area contributed by atoms with Crippen molar-refractivity contribution in [3.05, 3.63) is 69.8 Å². The molecule has 1 N–H and O–H groups in total. The van der Waals surface area contributed by atoms with Gasteiger partial charge < -0.3 is 5.32 Å². The smallest absolute Gasteiger partial charge is 0.257 e. The van der Waals surface area contributed by atoms with Crippen LogP contribution in [-0.4, -0.2) is 10.9 Å². The van der Waals surface area contributed by atoms with Gasteiger partial charge in [-0.25, -0.2) is 13.2 Å². The zero-order chi connectivity index (χ0) is 17.3. The van der Waals surface area contributed by atoms with Crippen LogP contribution in [0.1, 0.15) is 16.1 Å². The predicted octanol–water partition coefficient (Wildman–Crippen LogP) is 4.79. The average Bonchev–Trinajstić information content (AvgIpc) is 3.09. The number of aryl methyl sites for hydroxylation is 1. The molecule has 122 valence electrons. The van der Waals surface area contributed by atoms with Crippen molar-refractivity contribution in [1.29, 1.82) is 0 Å². The summed E-state index contributed by atoms with van der Waals surface area (Å²) in [4.78, 5) is 16.6. The highest BCUT2D eigenvalue weighted by molar-refractivity contribution is 7.08. The molecule has 3 nitrogen and oxygen atoms in total. The van der Waals surface area contributed by atoms with Crippen molar-refractivity contribution in [2.45, 2.75) is 6.92 Å². The first-order valence-corrected chi connectivity index (χ1v) is 7.86. The Morgan fingerprint density at radius 1 is 1.08 bits per heavy atom. The highest BCUT2D eigenvalue weighted by Crippen LogP contribution is 2.23. The van der Waals surface area contributed by atoms with E-state index in [9.17, 15) is 18.0 Å². The van der Waals surface area contributed by atoms with Crippen molar-refractivity contribution in [2.75, 3.05) is 5.32 Å². The van der Waals surface area contributed by atoms with Gasteiger partial charge in [0.1, 0.15) is 0 Å². The van der Waals surface area contributed by atoms with Crippen LogP contribution in [0.15, 0.2) is 41.1 Å². The summed E-state index contributed by atoms with van der Waals surface area (Å²) in [5.41, 5.74) is 1.88. The van der Waals surface area contributed by atoms with Crippen molar-refractivity contribution in [3.63, 3.8) is 0 Å². The van der Waals surface area contributed by atoms with Crippen LogP contribution >= 0.6 is 11.3 Å². The number of carbonyl (C=O) groups excluding carboxylic acids is 1. The minimum Gasteiger partial charge on any atom is -0.319 e. The van der Waals surface area contributed by atoms with Gasteiger partial charge in [0.15, 0.2) is 17.5 Å². The largest absolute Gasteiger partial charge is 0.319 e. The minimum absolute atomic E-state index is 0.220. The average molecular weight is 348 g/mol. The molecule has 1 amide bonds. The Kier molecular flexibility index (Phi) is 4.35. The van der Waals surface area contributed by atoms with Gasteiger partial charge in [0.2, 0.25) is 0 Å². The fraction of sp³-hybridized carbons (Fsp3) is 0.0588. The van der Waals surface area contributed by atoms with Gasteiger partial charge in [-0.1, -0.05) is 0 Å². The SMILES string of the molecule is Cc1nc(-c2ccsc2)ccc1C(=O)Nc1ccc(F)c(F)c1F. The summed E-state index contributed by atoms with van der Waals surface area (Å²) in [6, 6.07) is 6.85. The van der Waals surface area contributed by atoms with Crippen LogP contribution in [0.25, 0.3) is 11.3 Å². The van der Waals surface area contributed by atoms with Crippen LogP contribution in [0.3, 0.4) is 0 Å². The first-order valence-electron chi connectivity index (χ1n) is 6.92. The molecule has 3 rings (SSSR count). The third kappa shape index (κ3) is 3.03. The molecule has 0 aliphatic carbocycles. The molecule has 0 saturated carbocycles. The molecule has 0 unspecified atom stereocenters. The number of pyridine rings is 1. The number of nitrogens with zero attached hydrogens (tertiary/aromatic N) is 1. The van der Waals surface area contributed by atoms with Gasteiger partial charge in [-0.15, -0.1) is 0 Å². The van der Waals surface area contributed by atoms with E-state index in [0.29, 0.717) is 11.4 Å². The molecule has 1 aromatic carbocycles. The molecular weight excluding hydrogens is 337 g/mol. The Hall–Kier alpha value is -2.67. The van der Waals surface area contributed by atoms with E-state index in [1.54, 1.807) is 19.1 Å². The van der Waals surface area contributed by atoms with E-state index >= 15 is 0 Å². The second-order valence-corrected chi connectivity index (χ2v) is 5.80. The maximum Gasteiger partial charge on any atom is 0.257 e. The molecular formula is C17H11F3N2OS. The maximum absolute atomic E-state index is 13.6. The van der Waals surface area contributed by atoms with Gasteiger partial charge in [-0.2, -0.15) is 11.3 Å². The normalized spacial score (nSPS) is 10.7. The number of benzene rings is 1. The second-order valence-electron chi connectivity index (χ2n) is 5.02. The second kappa shape index (κ2) is 6.45. The first-order chi connectivity index (χ1) is 11.5. The lowest BCUT2D eigenvalue weighted by Crippen LogP contribution is -2.16. The molecule has 3 aromatic rings. The third-order valence-corrected chi connectivity index (χ3v) is 4.11. The highest BCUT2D eigenvalue weighted by Gasteiger charge is 2.17. The van der Waals surface area contributed by atoms with E-state index in [1.165, 1.54) is 11.3 Å². The fourth-order valence-electron chi connectivity index (χ4n) is 2.18. The van der Waals surface area contributed by atoms with Crippen molar-refractivity contribution >= 4 is 22.9 Å². The molecule has 0 fully saturated rings. The number of thiophene rings is 1. The number of carbonyl (C=O) groups is 1. The topological polar surface area (TPSA) is 42.0 Å². The Morgan fingerprint density at radius 3 is 2.54 bits per heavy atom. The van der Waals surface area contributed by atoms with Gasteiger partial charge in [0.05, 0.1) is 22.6 Å². The number of aromatic nitrogens is 1. The summed E-state index contributed by atoms with van der Waals surface area (Å²) in [5.74, 6) is -5.04. The predicted molar refractivity (Wildman–Crippen MR) is 86.6 cm³/mol. The van der Waals surface area contributed by atoms with Gasteiger partial charge >= 0.3 is 0 Å². The van der Waals surface area contributed by atoms with E-state index in [2.05, 4.69) is 10.3 Å². The quantitative estimate of drug-likeness (QED) is 0.692. The number of anilines is 1. The number of amides is 1.